The number of nitrogens with two attached hydrogens (primary N) is 1. The van der Waals surface area contributed by atoms with Gasteiger partial charge in [0.25, 0.3) is 11.8 Å². The highest BCUT2D eigenvalue weighted by atomic mass is 32.1. The molecule has 0 bridgehead atoms. The number of hydrogen-bond donors (Lipinski definition) is 3. The Balaban J connectivity index is 1.70. The molecular formula is C24H28N4O3S. The van der Waals surface area contributed by atoms with Crippen LogP contribution in [-0.2, 0) is 13.0 Å². The maximum absolute atomic E-state index is 12.9. The summed E-state index contributed by atoms with van der Waals surface area (Å²) >= 11 is 1.51. The molecule has 0 saturated heterocycles. The normalized spacial score (nSPS) is 12.8. The lowest BCUT2D eigenvalue weighted by Crippen LogP contribution is -2.47. The first-order valence-corrected chi connectivity index (χ1v) is 11.2. The van der Waals surface area contributed by atoms with E-state index in [1.54, 1.807) is 36.2 Å². The lowest BCUT2D eigenvalue weighted by atomic mass is 10.0. The second-order valence-corrected chi connectivity index (χ2v) is 8.64. The van der Waals surface area contributed by atoms with Crippen molar-refractivity contribution in [3.05, 3.63) is 87.4 Å². The second kappa shape index (κ2) is 11.0. The van der Waals surface area contributed by atoms with Gasteiger partial charge < -0.3 is 21.1 Å². The molecule has 8 heteroatoms. The molecular weight excluding hydrogens is 424 g/mol. The van der Waals surface area contributed by atoms with Crippen molar-refractivity contribution in [1.29, 1.82) is 0 Å². The summed E-state index contributed by atoms with van der Waals surface area (Å²) in [5.41, 5.74) is 8.31. The molecule has 0 aliphatic rings. The number of aliphatic hydroxyl groups excluding tert-OH is 1. The maximum Gasteiger partial charge on any atom is 0.253 e. The third-order valence-electron chi connectivity index (χ3n) is 5.08. The van der Waals surface area contributed by atoms with Crippen molar-refractivity contribution in [2.75, 3.05) is 13.6 Å². The predicted octanol–water partition coefficient (Wildman–Crippen LogP) is 2.38. The first-order chi connectivity index (χ1) is 15.4. The Morgan fingerprint density at radius 2 is 1.88 bits per heavy atom. The SMILES string of the molecule is Cc1csc(CN(C)C(=O)c2cccc(C(=O)N[C@@H](Cc3ccccc3)[C@H](O)CN)c2)n1. The Morgan fingerprint density at radius 3 is 2.53 bits per heavy atom. The van der Waals surface area contributed by atoms with Crippen LogP contribution >= 0.6 is 11.3 Å². The standard InChI is InChI=1S/C24H28N4O3S/c1-16-15-32-22(26-16)14-28(2)24(31)19-10-6-9-18(12-19)23(30)27-20(21(29)13-25)11-17-7-4-3-5-8-17/h3-10,12,15,20-21,29H,11,13-14,25H2,1-2H3,(H,27,30)/t20-,21+/m0/s1. The van der Waals surface area contributed by atoms with Gasteiger partial charge in [-0.25, -0.2) is 4.98 Å². The quantitative estimate of drug-likeness (QED) is 0.462. The van der Waals surface area contributed by atoms with Gasteiger partial charge in [0, 0.05) is 35.8 Å². The summed E-state index contributed by atoms with van der Waals surface area (Å²) in [5.74, 6) is -0.568. The number of carbonyl (C=O) groups excluding carboxylic acids is 2. The van der Waals surface area contributed by atoms with Crippen LogP contribution in [0.1, 0.15) is 37.0 Å². The van der Waals surface area contributed by atoms with Crippen LogP contribution in [0.3, 0.4) is 0 Å². The number of aromatic nitrogens is 1. The van der Waals surface area contributed by atoms with E-state index >= 15 is 0 Å². The van der Waals surface area contributed by atoms with Crippen molar-refractivity contribution < 1.29 is 14.7 Å². The minimum atomic E-state index is -0.892. The Morgan fingerprint density at radius 1 is 1.16 bits per heavy atom. The van der Waals surface area contributed by atoms with Gasteiger partial charge in [0.05, 0.1) is 18.7 Å². The Labute approximate surface area is 191 Å². The van der Waals surface area contributed by atoms with Crippen LogP contribution in [0, 0.1) is 6.92 Å². The zero-order chi connectivity index (χ0) is 23.1. The van der Waals surface area contributed by atoms with E-state index in [2.05, 4.69) is 10.3 Å². The van der Waals surface area contributed by atoms with Crippen LogP contribution in [0.15, 0.2) is 60.0 Å². The number of nitrogens with one attached hydrogen (secondary N) is 1. The fourth-order valence-electron chi connectivity index (χ4n) is 3.33. The van der Waals surface area contributed by atoms with Crippen molar-refractivity contribution in [2.45, 2.75) is 32.0 Å². The summed E-state index contributed by atoms with van der Waals surface area (Å²) < 4.78 is 0. The number of nitrogens with zero attached hydrogens (tertiary/aromatic N) is 2. The minimum absolute atomic E-state index is 0.0251. The van der Waals surface area contributed by atoms with E-state index in [-0.39, 0.29) is 18.4 Å². The number of carbonyl (C=O) groups is 2. The minimum Gasteiger partial charge on any atom is -0.390 e. The molecule has 0 spiro atoms. The molecule has 0 fully saturated rings. The number of aryl methyl sites for hydroxylation is 1. The fourth-order valence-corrected chi connectivity index (χ4v) is 4.16. The van der Waals surface area contributed by atoms with Crippen LogP contribution in [0.5, 0.6) is 0 Å². The van der Waals surface area contributed by atoms with E-state index in [1.165, 1.54) is 11.3 Å². The number of amides is 2. The molecule has 0 aliphatic carbocycles. The second-order valence-electron chi connectivity index (χ2n) is 7.70. The van der Waals surface area contributed by atoms with E-state index in [9.17, 15) is 14.7 Å². The van der Waals surface area contributed by atoms with Gasteiger partial charge in [0.15, 0.2) is 0 Å². The van der Waals surface area contributed by atoms with Gasteiger partial charge in [-0.1, -0.05) is 36.4 Å². The molecule has 2 aromatic carbocycles. The number of benzene rings is 2. The third-order valence-corrected chi connectivity index (χ3v) is 6.03. The summed E-state index contributed by atoms with van der Waals surface area (Å²) in [4.78, 5) is 31.7. The van der Waals surface area contributed by atoms with Gasteiger partial charge in [0.1, 0.15) is 5.01 Å². The zero-order valence-corrected chi connectivity index (χ0v) is 19.0. The zero-order valence-electron chi connectivity index (χ0n) is 18.2. The van der Waals surface area contributed by atoms with Crippen LogP contribution in [0.4, 0.5) is 0 Å². The van der Waals surface area contributed by atoms with Crippen molar-refractivity contribution in [1.82, 2.24) is 15.2 Å². The number of thiazole rings is 1. The average molecular weight is 453 g/mol. The monoisotopic (exact) mass is 452 g/mol. The molecule has 2 atom stereocenters. The summed E-state index contributed by atoms with van der Waals surface area (Å²) in [5, 5.41) is 16.0. The molecule has 0 saturated carbocycles. The highest BCUT2D eigenvalue weighted by Crippen LogP contribution is 2.14. The first-order valence-electron chi connectivity index (χ1n) is 10.4. The molecule has 0 aliphatic heterocycles. The molecule has 0 unspecified atom stereocenters. The molecule has 1 heterocycles. The lowest BCUT2D eigenvalue weighted by Gasteiger charge is -2.23. The molecule has 2 amide bonds. The number of aliphatic hydroxyl groups is 1. The maximum atomic E-state index is 12.9. The molecule has 32 heavy (non-hydrogen) atoms. The van der Waals surface area contributed by atoms with Crippen molar-refractivity contribution >= 4 is 23.2 Å². The Kier molecular flexibility index (Phi) is 8.10. The molecule has 3 rings (SSSR count). The molecule has 4 N–H and O–H groups in total. The van der Waals surface area contributed by atoms with Gasteiger partial charge in [-0.2, -0.15) is 0 Å². The highest BCUT2D eigenvalue weighted by molar-refractivity contribution is 7.09. The van der Waals surface area contributed by atoms with Gasteiger partial charge in [-0.3, -0.25) is 9.59 Å². The van der Waals surface area contributed by atoms with E-state index in [0.717, 1.165) is 16.3 Å². The van der Waals surface area contributed by atoms with Crippen LogP contribution in [0.25, 0.3) is 0 Å². The van der Waals surface area contributed by atoms with Crippen LogP contribution in [0.2, 0.25) is 0 Å². The number of hydrogen-bond acceptors (Lipinski definition) is 6. The summed E-state index contributed by atoms with van der Waals surface area (Å²) in [7, 11) is 1.71. The molecule has 0 radical (unpaired) electrons. The molecule has 168 valence electrons. The Bertz CT molecular complexity index is 1050. The van der Waals surface area contributed by atoms with Gasteiger partial charge >= 0.3 is 0 Å². The molecule has 1 aromatic heterocycles. The topological polar surface area (TPSA) is 109 Å². The van der Waals surface area contributed by atoms with Crippen LogP contribution in [-0.4, -0.2) is 52.5 Å². The molecule has 3 aromatic rings. The van der Waals surface area contributed by atoms with Crippen molar-refractivity contribution in [3.63, 3.8) is 0 Å². The van der Waals surface area contributed by atoms with Gasteiger partial charge in [0.2, 0.25) is 0 Å². The van der Waals surface area contributed by atoms with Gasteiger partial charge in [-0.05, 0) is 37.1 Å². The Hall–Kier alpha value is -3.07. The molecule has 7 nitrogen and oxygen atoms in total. The smallest absolute Gasteiger partial charge is 0.253 e. The van der Waals surface area contributed by atoms with Gasteiger partial charge in [-0.15, -0.1) is 11.3 Å². The average Bonchev–Trinajstić information content (AvgIpc) is 3.22. The van der Waals surface area contributed by atoms with E-state index < -0.39 is 12.1 Å². The largest absolute Gasteiger partial charge is 0.390 e. The summed E-state index contributed by atoms with van der Waals surface area (Å²) in [6, 6.07) is 15.6. The highest BCUT2D eigenvalue weighted by Gasteiger charge is 2.22. The number of rotatable bonds is 9. The van der Waals surface area contributed by atoms with E-state index in [4.69, 9.17) is 5.73 Å². The van der Waals surface area contributed by atoms with E-state index in [0.29, 0.717) is 24.1 Å². The van der Waals surface area contributed by atoms with Crippen molar-refractivity contribution in [2.24, 2.45) is 5.73 Å². The van der Waals surface area contributed by atoms with E-state index in [1.807, 2.05) is 42.6 Å². The predicted molar refractivity (Wildman–Crippen MR) is 126 cm³/mol. The summed E-state index contributed by atoms with van der Waals surface area (Å²) in [6.45, 7) is 2.34. The van der Waals surface area contributed by atoms with Crippen LogP contribution < -0.4 is 11.1 Å². The van der Waals surface area contributed by atoms with Crippen molar-refractivity contribution in [3.8, 4) is 0 Å². The summed E-state index contributed by atoms with van der Waals surface area (Å²) in [6.07, 6.45) is -0.448. The first kappa shape index (κ1) is 23.6. The fraction of sp³-hybridized carbons (Fsp3) is 0.292. The third kappa shape index (κ3) is 6.23. The lowest BCUT2D eigenvalue weighted by molar-refractivity contribution is 0.0785.